The van der Waals surface area contributed by atoms with Crippen LogP contribution in [0.15, 0.2) is 17.3 Å². The van der Waals surface area contributed by atoms with Crippen molar-refractivity contribution in [3.05, 3.63) is 22.7 Å². The lowest BCUT2D eigenvalue weighted by atomic mass is 10.2. The molecule has 2 aromatic rings. The first kappa shape index (κ1) is 12.8. The van der Waals surface area contributed by atoms with E-state index in [9.17, 15) is 13.2 Å². The fourth-order valence-corrected chi connectivity index (χ4v) is 2.28. The standard InChI is InChI=1S/C10H9ClN2O4S/c1-17-9(14)7-5(11)3-4-6-8(7)13-10(12-6)18(2,15)16/h3-4H,1-2H3,(H,12,13). The second kappa shape index (κ2) is 4.25. The summed E-state index contributed by atoms with van der Waals surface area (Å²) in [5.41, 5.74) is 0.623. The number of fused-ring (bicyclic) bond motifs is 1. The predicted octanol–water partition coefficient (Wildman–Crippen LogP) is 1.41. The van der Waals surface area contributed by atoms with E-state index in [-0.39, 0.29) is 21.3 Å². The van der Waals surface area contributed by atoms with Crippen LogP contribution in [0.5, 0.6) is 0 Å². The third-order valence-electron chi connectivity index (χ3n) is 2.32. The Morgan fingerprint density at radius 3 is 2.67 bits per heavy atom. The maximum absolute atomic E-state index is 11.6. The number of hydrogen-bond acceptors (Lipinski definition) is 5. The number of ether oxygens (including phenoxy) is 1. The van der Waals surface area contributed by atoms with Gasteiger partial charge in [0.25, 0.3) is 0 Å². The van der Waals surface area contributed by atoms with Crippen molar-refractivity contribution < 1.29 is 17.9 Å². The van der Waals surface area contributed by atoms with Crippen molar-refractivity contribution in [3.63, 3.8) is 0 Å². The van der Waals surface area contributed by atoms with Crippen molar-refractivity contribution in [2.24, 2.45) is 0 Å². The Balaban J connectivity index is 2.81. The molecule has 0 saturated heterocycles. The Bertz CT molecular complexity index is 736. The number of aromatic amines is 1. The smallest absolute Gasteiger partial charge is 0.341 e. The van der Waals surface area contributed by atoms with Gasteiger partial charge in [-0.1, -0.05) is 11.6 Å². The molecule has 0 saturated carbocycles. The maximum atomic E-state index is 11.6. The van der Waals surface area contributed by atoms with Crippen LogP contribution in [0.4, 0.5) is 0 Å². The van der Waals surface area contributed by atoms with Crippen molar-refractivity contribution >= 4 is 38.4 Å². The van der Waals surface area contributed by atoms with E-state index in [0.29, 0.717) is 5.52 Å². The van der Waals surface area contributed by atoms with E-state index in [0.717, 1.165) is 6.26 Å². The van der Waals surface area contributed by atoms with Gasteiger partial charge in [0.05, 0.1) is 17.6 Å². The molecule has 1 aromatic heterocycles. The van der Waals surface area contributed by atoms with Crippen molar-refractivity contribution in [3.8, 4) is 0 Å². The number of carbonyl (C=O) groups excluding carboxylic acids is 1. The zero-order valence-electron chi connectivity index (χ0n) is 9.52. The van der Waals surface area contributed by atoms with Crippen molar-refractivity contribution in [2.75, 3.05) is 13.4 Å². The molecule has 0 amide bonds. The predicted molar refractivity (Wildman–Crippen MR) is 65.6 cm³/mol. The topological polar surface area (TPSA) is 89.1 Å². The number of nitrogens with one attached hydrogen (secondary N) is 1. The van der Waals surface area contributed by atoms with Crippen LogP contribution >= 0.6 is 11.6 Å². The number of halogens is 1. The highest BCUT2D eigenvalue weighted by Crippen LogP contribution is 2.26. The van der Waals surface area contributed by atoms with Gasteiger partial charge in [0.1, 0.15) is 11.1 Å². The summed E-state index contributed by atoms with van der Waals surface area (Å²) in [7, 11) is -2.28. The summed E-state index contributed by atoms with van der Waals surface area (Å²) in [6.07, 6.45) is 1.02. The molecule has 1 heterocycles. The summed E-state index contributed by atoms with van der Waals surface area (Å²) in [5.74, 6) is -0.669. The number of benzene rings is 1. The lowest BCUT2D eigenvalue weighted by molar-refractivity contribution is 0.0603. The number of esters is 1. The maximum Gasteiger partial charge on any atom is 0.341 e. The van der Waals surface area contributed by atoms with Crippen molar-refractivity contribution in [1.29, 1.82) is 0 Å². The minimum Gasteiger partial charge on any atom is -0.465 e. The van der Waals surface area contributed by atoms with Crippen molar-refractivity contribution in [2.45, 2.75) is 5.16 Å². The summed E-state index contributed by atoms with van der Waals surface area (Å²) < 4.78 is 27.4. The van der Waals surface area contributed by atoms with E-state index in [1.807, 2.05) is 0 Å². The molecule has 2 rings (SSSR count). The number of sulfone groups is 1. The van der Waals surface area contributed by atoms with Gasteiger partial charge in [-0.05, 0) is 12.1 Å². The van der Waals surface area contributed by atoms with Crippen LogP contribution < -0.4 is 0 Å². The van der Waals surface area contributed by atoms with Gasteiger partial charge in [-0.25, -0.2) is 18.2 Å². The minimum atomic E-state index is -3.49. The highest BCUT2D eigenvalue weighted by atomic mass is 35.5. The van der Waals surface area contributed by atoms with E-state index in [1.165, 1.54) is 13.2 Å². The molecule has 1 aromatic carbocycles. The summed E-state index contributed by atoms with van der Waals surface area (Å²) in [6, 6.07) is 3.02. The van der Waals surface area contributed by atoms with Gasteiger partial charge in [-0.3, -0.25) is 0 Å². The molecule has 0 atom stereocenters. The quantitative estimate of drug-likeness (QED) is 0.844. The number of hydrogen-bond donors (Lipinski definition) is 1. The zero-order valence-corrected chi connectivity index (χ0v) is 11.1. The van der Waals surface area contributed by atoms with Crippen LogP contribution in [-0.4, -0.2) is 37.7 Å². The van der Waals surface area contributed by atoms with Gasteiger partial charge in [-0.2, -0.15) is 0 Å². The van der Waals surface area contributed by atoms with Gasteiger partial charge in [0.2, 0.25) is 15.0 Å². The lowest BCUT2D eigenvalue weighted by Crippen LogP contribution is -2.03. The molecule has 1 N–H and O–H groups in total. The van der Waals surface area contributed by atoms with Crippen LogP contribution in [0.1, 0.15) is 10.4 Å². The summed E-state index contributed by atoms with van der Waals surface area (Å²) in [6.45, 7) is 0. The van der Waals surface area contributed by atoms with Crippen LogP contribution in [-0.2, 0) is 14.6 Å². The average molecular weight is 289 g/mol. The number of carbonyl (C=O) groups is 1. The van der Waals surface area contributed by atoms with Gasteiger partial charge in [-0.15, -0.1) is 0 Å². The third-order valence-corrected chi connectivity index (χ3v) is 3.53. The number of H-pyrrole nitrogens is 1. The Morgan fingerprint density at radius 1 is 1.44 bits per heavy atom. The molecule has 0 radical (unpaired) electrons. The van der Waals surface area contributed by atoms with E-state index in [1.54, 1.807) is 6.07 Å². The molecule has 0 spiro atoms. The first-order valence-corrected chi connectivity index (χ1v) is 7.08. The second-order valence-electron chi connectivity index (χ2n) is 3.62. The number of aromatic nitrogens is 2. The SMILES string of the molecule is COC(=O)c1c(Cl)ccc2[nH]c(S(C)(=O)=O)nc12. The molecule has 6 nitrogen and oxygen atoms in total. The van der Waals surface area contributed by atoms with E-state index in [2.05, 4.69) is 14.7 Å². The van der Waals surface area contributed by atoms with Gasteiger partial charge < -0.3 is 9.72 Å². The lowest BCUT2D eigenvalue weighted by Gasteiger charge is -2.02. The highest BCUT2D eigenvalue weighted by Gasteiger charge is 2.21. The molecule has 96 valence electrons. The monoisotopic (exact) mass is 288 g/mol. The first-order valence-electron chi connectivity index (χ1n) is 4.81. The molecular weight excluding hydrogens is 280 g/mol. The van der Waals surface area contributed by atoms with E-state index < -0.39 is 15.8 Å². The van der Waals surface area contributed by atoms with E-state index >= 15 is 0 Å². The Kier molecular flexibility index (Phi) is 3.04. The van der Waals surface area contributed by atoms with Crippen molar-refractivity contribution in [1.82, 2.24) is 9.97 Å². The van der Waals surface area contributed by atoms with Crippen LogP contribution in [0.25, 0.3) is 11.0 Å². The Labute approximate surface area is 108 Å². The summed E-state index contributed by atoms with van der Waals surface area (Å²) in [5, 5.41) is -0.0641. The number of methoxy groups -OCH3 is 1. The van der Waals surface area contributed by atoms with Gasteiger partial charge >= 0.3 is 5.97 Å². The largest absolute Gasteiger partial charge is 0.465 e. The fraction of sp³-hybridized carbons (Fsp3) is 0.200. The Morgan fingerprint density at radius 2 is 2.11 bits per heavy atom. The number of rotatable bonds is 2. The fourth-order valence-electron chi connectivity index (χ4n) is 1.50. The highest BCUT2D eigenvalue weighted by molar-refractivity contribution is 7.90. The van der Waals surface area contributed by atoms with Crippen LogP contribution in [0.3, 0.4) is 0 Å². The number of imidazole rings is 1. The average Bonchev–Trinajstić information content (AvgIpc) is 2.71. The molecule has 0 fully saturated rings. The minimum absolute atomic E-state index is 0.0443. The first-order chi connectivity index (χ1) is 8.34. The molecule has 0 aliphatic heterocycles. The summed E-state index contributed by atoms with van der Waals surface area (Å²) >= 11 is 5.90. The van der Waals surface area contributed by atoms with Gasteiger partial charge in [0, 0.05) is 6.26 Å². The van der Waals surface area contributed by atoms with E-state index in [4.69, 9.17) is 11.6 Å². The summed E-state index contributed by atoms with van der Waals surface area (Å²) in [4.78, 5) is 18.1. The second-order valence-corrected chi connectivity index (χ2v) is 5.96. The van der Waals surface area contributed by atoms with Crippen LogP contribution in [0, 0.1) is 0 Å². The molecule has 18 heavy (non-hydrogen) atoms. The third kappa shape index (κ3) is 2.06. The molecule has 0 bridgehead atoms. The Hall–Kier alpha value is -1.60. The number of nitrogens with zero attached hydrogens (tertiary/aromatic N) is 1. The van der Waals surface area contributed by atoms with Crippen LogP contribution in [0.2, 0.25) is 5.02 Å². The zero-order chi connectivity index (χ0) is 13.5. The van der Waals surface area contributed by atoms with Gasteiger partial charge in [0.15, 0.2) is 0 Å². The molecule has 0 aliphatic rings. The molecular formula is C10H9ClN2O4S. The molecule has 0 unspecified atom stereocenters. The molecule has 8 heteroatoms. The normalized spacial score (nSPS) is 11.7. The molecule has 0 aliphatic carbocycles.